The predicted octanol–water partition coefficient (Wildman–Crippen LogP) is 4.49. The monoisotopic (exact) mass is 300 g/mol. The molecule has 0 amide bonds. The maximum absolute atomic E-state index is 5.29. The van der Waals surface area contributed by atoms with Crippen LogP contribution in [0.5, 0.6) is 0 Å². The van der Waals surface area contributed by atoms with Gasteiger partial charge in [-0.3, -0.25) is 0 Å². The van der Waals surface area contributed by atoms with Crippen molar-refractivity contribution in [3.8, 4) is 12.3 Å². The Morgan fingerprint density at radius 2 is 2.00 bits per heavy atom. The first kappa shape index (κ1) is 18.8. The lowest BCUT2D eigenvalue weighted by molar-refractivity contribution is 0.164. The Bertz CT molecular complexity index is 317. The maximum Gasteiger partial charge on any atom is 0.107 e. The van der Waals surface area contributed by atoms with E-state index < -0.39 is 0 Å². The summed E-state index contributed by atoms with van der Waals surface area (Å²) in [6, 6.07) is 0. The summed E-state index contributed by atoms with van der Waals surface area (Å²) >= 11 is 0. The van der Waals surface area contributed by atoms with Crippen LogP contribution in [-0.2, 0) is 9.26 Å². The molecule has 0 N–H and O–H groups in total. The quantitative estimate of drug-likeness (QED) is 0.242. The van der Waals surface area contributed by atoms with Gasteiger partial charge >= 0.3 is 0 Å². The SMILES string of the molecule is C#CCOCCC/C(C)=C/CC/C(C)=C/COPP. The van der Waals surface area contributed by atoms with Crippen molar-refractivity contribution in [2.75, 3.05) is 19.8 Å². The van der Waals surface area contributed by atoms with Gasteiger partial charge in [0.2, 0.25) is 0 Å². The standard InChI is InChI=1S/C15H26O2P2/c1-4-11-16-12-6-9-14(2)7-5-8-15(3)10-13-17-19-18/h1,7,10,19H,5-6,8-9,11-13,18H2,2-3H3/b14-7+,15-10+. The van der Waals surface area contributed by atoms with Crippen molar-refractivity contribution in [3.05, 3.63) is 23.3 Å². The van der Waals surface area contributed by atoms with E-state index in [1.165, 1.54) is 11.1 Å². The van der Waals surface area contributed by atoms with Crippen LogP contribution in [0.3, 0.4) is 0 Å². The van der Waals surface area contributed by atoms with E-state index in [-0.39, 0.29) is 0 Å². The predicted molar refractivity (Wildman–Crippen MR) is 89.6 cm³/mol. The molecule has 0 aliphatic rings. The van der Waals surface area contributed by atoms with Crippen molar-refractivity contribution in [3.63, 3.8) is 0 Å². The lowest BCUT2D eigenvalue weighted by Crippen LogP contribution is -1.94. The summed E-state index contributed by atoms with van der Waals surface area (Å²) in [6.07, 6.45) is 13.9. The molecule has 0 aliphatic carbocycles. The Kier molecular flexibility index (Phi) is 14.1. The zero-order valence-corrected chi connectivity index (χ0v) is 14.2. The largest absolute Gasteiger partial charge is 0.369 e. The van der Waals surface area contributed by atoms with Gasteiger partial charge in [0.15, 0.2) is 0 Å². The number of ether oxygens (including phenoxy) is 1. The molecule has 108 valence electrons. The van der Waals surface area contributed by atoms with Crippen LogP contribution in [-0.4, -0.2) is 19.8 Å². The molecular weight excluding hydrogens is 274 g/mol. The Balaban J connectivity index is 3.63. The van der Waals surface area contributed by atoms with E-state index in [1.807, 2.05) is 0 Å². The minimum atomic E-state index is 0.422. The number of hydrogen-bond donors (Lipinski definition) is 0. The summed E-state index contributed by atoms with van der Waals surface area (Å²) in [7, 11) is 3.07. The van der Waals surface area contributed by atoms with Crippen LogP contribution in [0.15, 0.2) is 23.3 Å². The van der Waals surface area contributed by atoms with E-state index in [4.69, 9.17) is 15.7 Å². The topological polar surface area (TPSA) is 18.5 Å². The van der Waals surface area contributed by atoms with E-state index >= 15 is 0 Å². The zero-order valence-electron chi connectivity index (χ0n) is 12.1. The van der Waals surface area contributed by atoms with Crippen LogP contribution in [0.2, 0.25) is 0 Å². The summed E-state index contributed by atoms with van der Waals surface area (Å²) in [4.78, 5) is 0. The van der Waals surface area contributed by atoms with Gasteiger partial charge in [-0.15, -0.1) is 6.42 Å². The van der Waals surface area contributed by atoms with E-state index in [0.29, 0.717) is 15.1 Å². The fourth-order valence-corrected chi connectivity index (χ4v) is 2.03. The van der Waals surface area contributed by atoms with Crippen molar-refractivity contribution in [2.24, 2.45) is 0 Å². The summed E-state index contributed by atoms with van der Waals surface area (Å²) in [5, 5.41) is 0. The minimum absolute atomic E-state index is 0.422. The van der Waals surface area contributed by atoms with Gasteiger partial charge in [-0.25, -0.2) is 0 Å². The van der Waals surface area contributed by atoms with E-state index in [1.54, 1.807) is 0 Å². The molecule has 0 radical (unpaired) electrons. The Labute approximate surface area is 122 Å². The second kappa shape index (κ2) is 14.2. The van der Waals surface area contributed by atoms with Crippen LogP contribution in [0.4, 0.5) is 0 Å². The average molecular weight is 300 g/mol. The summed E-state index contributed by atoms with van der Waals surface area (Å²) in [6.45, 7) is 6.24. The molecule has 0 aromatic rings. The highest BCUT2D eigenvalue weighted by Crippen LogP contribution is 2.21. The van der Waals surface area contributed by atoms with Crippen molar-refractivity contribution in [2.45, 2.75) is 39.5 Å². The normalized spacial score (nSPS) is 13.2. The molecule has 4 heteroatoms. The molecule has 0 spiro atoms. The van der Waals surface area contributed by atoms with Crippen LogP contribution >= 0.6 is 17.4 Å². The van der Waals surface area contributed by atoms with Crippen LogP contribution < -0.4 is 0 Å². The smallest absolute Gasteiger partial charge is 0.107 e. The molecule has 0 aromatic heterocycles. The van der Waals surface area contributed by atoms with Gasteiger partial charge in [0.05, 0.1) is 6.61 Å². The second-order valence-electron chi connectivity index (χ2n) is 4.43. The highest BCUT2D eigenvalue weighted by Gasteiger charge is 1.93. The number of allylic oxidation sites excluding steroid dienone is 3. The highest BCUT2D eigenvalue weighted by molar-refractivity contribution is 8.00. The van der Waals surface area contributed by atoms with Crippen molar-refractivity contribution in [1.82, 2.24) is 0 Å². The van der Waals surface area contributed by atoms with Crippen molar-refractivity contribution < 1.29 is 9.26 Å². The van der Waals surface area contributed by atoms with Gasteiger partial charge < -0.3 is 9.26 Å². The Morgan fingerprint density at radius 3 is 2.68 bits per heavy atom. The lowest BCUT2D eigenvalue weighted by atomic mass is 10.1. The number of hydrogen-bond acceptors (Lipinski definition) is 2. The number of terminal acetylenes is 1. The van der Waals surface area contributed by atoms with Crippen molar-refractivity contribution in [1.29, 1.82) is 0 Å². The Hall–Kier alpha value is -0.180. The third-order valence-corrected chi connectivity index (χ3v) is 3.51. The molecular formula is C15H26O2P2. The first-order valence-electron chi connectivity index (χ1n) is 6.60. The number of rotatable bonds is 11. The summed E-state index contributed by atoms with van der Waals surface area (Å²) < 4.78 is 10.5. The third-order valence-electron chi connectivity index (χ3n) is 2.68. The molecule has 0 aromatic carbocycles. The van der Waals surface area contributed by atoms with Crippen molar-refractivity contribution >= 4 is 17.4 Å². The van der Waals surface area contributed by atoms with Crippen LogP contribution in [0, 0.1) is 12.3 Å². The van der Waals surface area contributed by atoms with Crippen LogP contribution in [0.1, 0.15) is 39.5 Å². The molecule has 0 saturated heterocycles. The lowest BCUT2D eigenvalue weighted by Gasteiger charge is -2.03. The molecule has 2 atom stereocenters. The molecule has 0 heterocycles. The molecule has 2 nitrogen and oxygen atoms in total. The van der Waals surface area contributed by atoms with Gasteiger partial charge in [0.25, 0.3) is 0 Å². The van der Waals surface area contributed by atoms with Gasteiger partial charge in [0.1, 0.15) is 6.61 Å². The molecule has 0 bridgehead atoms. The first-order chi connectivity index (χ1) is 9.20. The van der Waals surface area contributed by atoms with Crippen LogP contribution in [0.25, 0.3) is 0 Å². The fourth-order valence-electron chi connectivity index (χ4n) is 1.57. The molecule has 19 heavy (non-hydrogen) atoms. The molecule has 0 fully saturated rings. The van der Waals surface area contributed by atoms with E-state index in [9.17, 15) is 0 Å². The third kappa shape index (κ3) is 14.0. The molecule has 2 unspecified atom stereocenters. The second-order valence-corrected chi connectivity index (χ2v) is 5.66. The van der Waals surface area contributed by atoms with Gasteiger partial charge in [-0.2, -0.15) is 0 Å². The maximum atomic E-state index is 5.29. The summed E-state index contributed by atoms with van der Waals surface area (Å²) in [5.41, 5.74) is 2.82. The molecule has 0 saturated carbocycles. The van der Waals surface area contributed by atoms with Gasteiger partial charge in [-0.1, -0.05) is 38.1 Å². The molecule has 0 aliphatic heterocycles. The minimum Gasteiger partial charge on any atom is -0.369 e. The molecule has 0 rings (SSSR count). The Morgan fingerprint density at radius 1 is 1.26 bits per heavy atom. The van der Waals surface area contributed by atoms with E-state index in [2.05, 4.69) is 40.8 Å². The van der Waals surface area contributed by atoms with Gasteiger partial charge in [-0.05, 0) is 39.5 Å². The van der Waals surface area contributed by atoms with Gasteiger partial charge in [0, 0.05) is 15.1 Å². The zero-order chi connectivity index (χ0) is 14.3. The summed E-state index contributed by atoms with van der Waals surface area (Å²) in [5.74, 6) is 2.47. The van der Waals surface area contributed by atoms with E-state index in [0.717, 1.165) is 38.9 Å². The average Bonchev–Trinajstić information content (AvgIpc) is 2.39. The first-order valence-corrected chi connectivity index (χ1v) is 9.32. The fraction of sp³-hybridized carbons (Fsp3) is 0.600. The highest BCUT2D eigenvalue weighted by atomic mass is 32.0.